The lowest BCUT2D eigenvalue weighted by atomic mass is 10.1. The van der Waals surface area contributed by atoms with Gasteiger partial charge in [-0.25, -0.2) is 18.1 Å². The monoisotopic (exact) mass is 658 g/mol. The normalized spacial score (nSPS) is 11.8. The number of benzene rings is 2. The molecule has 0 saturated heterocycles. The van der Waals surface area contributed by atoms with Crippen molar-refractivity contribution in [2.24, 2.45) is 0 Å². The molecule has 4 aromatic rings. The molecule has 242 valence electrons. The van der Waals surface area contributed by atoms with Crippen LogP contribution in [-0.2, 0) is 34.3 Å². The summed E-state index contributed by atoms with van der Waals surface area (Å²) in [4.78, 5) is 19.0. The first kappa shape index (κ1) is 34.0. The molecule has 2 aromatic heterocycles. The van der Waals surface area contributed by atoms with Crippen molar-refractivity contribution >= 4 is 38.4 Å². The first-order chi connectivity index (χ1) is 21.4. The van der Waals surface area contributed by atoms with Crippen LogP contribution in [0.2, 0.25) is 5.15 Å². The molecule has 0 saturated carbocycles. The number of nitrogens with zero attached hydrogens (tertiary/aromatic N) is 5. The molecular formula is C31H39ClN6O6S. The van der Waals surface area contributed by atoms with Crippen LogP contribution in [0.1, 0.15) is 23.2 Å². The second-order valence-corrected chi connectivity index (χ2v) is 13.2. The van der Waals surface area contributed by atoms with E-state index in [2.05, 4.69) is 15.2 Å². The number of methoxy groups -OCH3 is 3. The summed E-state index contributed by atoms with van der Waals surface area (Å²) >= 11 is 6.26. The highest BCUT2D eigenvalue weighted by molar-refractivity contribution is 7.88. The molecule has 14 heteroatoms. The van der Waals surface area contributed by atoms with Crippen LogP contribution >= 0.6 is 11.6 Å². The Bertz CT molecular complexity index is 1760. The van der Waals surface area contributed by atoms with E-state index in [9.17, 15) is 13.2 Å². The van der Waals surface area contributed by atoms with Crippen LogP contribution < -0.4 is 19.5 Å². The van der Waals surface area contributed by atoms with Gasteiger partial charge in [-0.15, -0.1) is 0 Å². The Labute approximate surface area is 268 Å². The van der Waals surface area contributed by atoms with Crippen molar-refractivity contribution in [1.29, 1.82) is 0 Å². The third kappa shape index (κ3) is 8.63. The van der Waals surface area contributed by atoms with Gasteiger partial charge in [-0.05, 0) is 50.8 Å². The Morgan fingerprint density at radius 1 is 1.00 bits per heavy atom. The highest BCUT2D eigenvalue weighted by atomic mass is 35.5. The molecule has 0 spiro atoms. The van der Waals surface area contributed by atoms with Gasteiger partial charge in [-0.1, -0.05) is 23.7 Å². The van der Waals surface area contributed by atoms with Crippen LogP contribution in [0.15, 0.2) is 48.7 Å². The van der Waals surface area contributed by atoms with Gasteiger partial charge in [0.15, 0.2) is 0 Å². The lowest BCUT2D eigenvalue weighted by Gasteiger charge is -2.22. The van der Waals surface area contributed by atoms with E-state index in [4.69, 9.17) is 30.9 Å². The number of aromatic nitrogens is 3. The standard InChI is InChI=1S/C31H39ClN6O6S/c1-36(2)13-7-12-33-31(39)16-25-24-18-34-30(32)17-27(24)38(35-25)26-11-8-21(14-29(26)44-5)19-37(45(6,40)41)20-22-9-10-23(42-3)15-28(22)43-4/h8-11,14-15,17-18H,7,12-13,16,19-20H2,1-6H3,(H,33,39). The first-order valence-electron chi connectivity index (χ1n) is 14.2. The summed E-state index contributed by atoms with van der Waals surface area (Å²) in [6.45, 7) is 1.60. The molecule has 0 bridgehead atoms. The highest BCUT2D eigenvalue weighted by Crippen LogP contribution is 2.32. The van der Waals surface area contributed by atoms with Crippen molar-refractivity contribution < 1.29 is 27.4 Å². The quantitative estimate of drug-likeness (QED) is 0.150. The number of fused-ring (bicyclic) bond motifs is 1. The van der Waals surface area contributed by atoms with Gasteiger partial charge in [0.25, 0.3) is 0 Å². The van der Waals surface area contributed by atoms with Gasteiger partial charge >= 0.3 is 0 Å². The molecule has 1 amide bonds. The lowest BCUT2D eigenvalue weighted by molar-refractivity contribution is -0.120. The zero-order valence-corrected chi connectivity index (χ0v) is 27.9. The van der Waals surface area contributed by atoms with Crippen molar-refractivity contribution in [3.8, 4) is 22.9 Å². The Kier molecular flexibility index (Phi) is 11.3. The molecule has 4 rings (SSSR count). The maximum atomic E-state index is 12.8. The van der Waals surface area contributed by atoms with Gasteiger partial charge in [0.05, 0.1) is 45.2 Å². The van der Waals surface area contributed by atoms with Crippen molar-refractivity contribution in [1.82, 2.24) is 29.3 Å². The van der Waals surface area contributed by atoms with E-state index in [-0.39, 0.29) is 30.6 Å². The van der Waals surface area contributed by atoms with E-state index in [1.54, 1.807) is 54.4 Å². The van der Waals surface area contributed by atoms with Gasteiger partial charge in [0, 0.05) is 48.9 Å². The third-order valence-corrected chi connectivity index (χ3v) is 8.58. The fraction of sp³-hybridized carbons (Fsp3) is 0.387. The molecule has 0 fully saturated rings. The summed E-state index contributed by atoms with van der Waals surface area (Å²) in [7, 11) is 4.97. The number of carbonyl (C=O) groups excluding carboxylic acids is 1. The van der Waals surface area contributed by atoms with Gasteiger partial charge in [0.1, 0.15) is 28.1 Å². The van der Waals surface area contributed by atoms with Crippen LogP contribution in [0.25, 0.3) is 16.6 Å². The number of sulfonamides is 1. The maximum absolute atomic E-state index is 12.8. The number of halogens is 1. The minimum atomic E-state index is -3.61. The van der Waals surface area contributed by atoms with Crippen molar-refractivity contribution in [2.45, 2.75) is 25.9 Å². The van der Waals surface area contributed by atoms with Gasteiger partial charge < -0.3 is 24.4 Å². The van der Waals surface area contributed by atoms with Crippen LogP contribution in [0.4, 0.5) is 0 Å². The summed E-state index contributed by atoms with van der Waals surface area (Å²) in [6, 6.07) is 12.3. The molecule has 0 aliphatic rings. The van der Waals surface area contributed by atoms with E-state index < -0.39 is 10.0 Å². The second-order valence-electron chi connectivity index (χ2n) is 10.8. The van der Waals surface area contributed by atoms with E-state index >= 15 is 0 Å². The predicted octanol–water partition coefficient (Wildman–Crippen LogP) is 3.67. The van der Waals surface area contributed by atoms with Crippen LogP contribution in [-0.4, -0.2) is 93.1 Å². The molecule has 0 aliphatic heterocycles. The predicted molar refractivity (Wildman–Crippen MR) is 174 cm³/mol. The second kappa shape index (κ2) is 14.9. The first-order valence-corrected chi connectivity index (χ1v) is 16.4. The summed E-state index contributed by atoms with van der Waals surface area (Å²) < 4.78 is 45.2. The molecular weight excluding hydrogens is 620 g/mol. The Hall–Kier alpha value is -3.91. The molecule has 12 nitrogen and oxygen atoms in total. The molecule has 45 heavy (non-hydrogen) atoms. The topological polar surface area (TPSA) is 128 Å². The summed E-state index contributed by atoms with van der Waals surface area (Å²) in [5, 5.41) is 8.67. The van der Waals surface area contributed by atoms with Crippen molar-refractivity contribution in [3.63, 3.8) is 0 Å². The number of ether oxygens (including phenoxy) is 3. The summed E-state index contributed by atoms with van der Waals surface area (Å²) in [5.74, 6) is 1.44. The van der Waals surface area contributed by atoms with Gasteiger partial charge in [-0.3, -0.25) is 4.79 Å². The number of hydrogen-bond acceptors (Lipinski definition) is 9. The Morgan fingerprint density at radius 3 is 2.42 bits per heavy atom. The summed E-state index contributed by atoms with van der Waals surface area (Å²) in [5.41, 5.74) is 3.17. The molecule has 0 radical (unpaired) electrons. The minimum absolute atomic E-state index is 0.0628. The molecule has 2 heterocycles. The number of amides is 1. The Morgan fingerprint density at radius 2 is 1.76 bits per heavy atom. The number of hydrogen-bond donors (Lipinski definition) is 1. The van der Waals surface area contributed by atoms with Crippen LogP contribution in [0.5, 0.6) is 17.2 Å². The largest absolute Gasteiger partial charge is 0.497 e. The van der Waals surface area contributed by atoms with E-state index in [1.807, 2.05) is 20.2 Å². The smallest absolute Gasteiger partial charge is 0.226 e. The molecule has 0 aliphatic carbocycles. The lowest BCUT2D eigenvalue weighted by Crippen LogP contribution is -2.29. The average Bonchev–Trinajstić information content (AvgIpc) is 3.34. The molecule has 0 unspecified atom stereocenters. The highest BCUT2D eigenvalue weighted by Gasteiger charge is 2.22. The fourth-order valence-corrected chi connectivity index (χ4v) is 5.77. The van der Waals surface area contributed by atoms with Gasteiger partial charge in [-0.2, -0.15) is 9.40 Å². The van der Waals surface area contributed by atoms with Crippen LogP contribution in [0.3, 0.4) is 0 Å². The molecule has 0 atom stereocenters. The number of nitrogens with one attached hydrogen (secondary N) is 1. The molecule has 1 N–H and O–H groups in total. The van der Waals surface area contributed by atoms with Crippen molar-refractivity contribution in [2.75, 3.05) is 54.8 Å². The Balaban J connectivity index is 1.63. The number of rotatable bonds is 15. The average molecular weight is 659 g/mol. The van der Waals surface area contributed by atoms with Crippen molar-refractivity contribution in [3.05, 3.63) is 70.6 Å². The minimum Gasteiger partial charge on any atom is -0.497 e. The SMILES string of the molecule is COc1ccc(CN(Cc2ccc(-n3nc(CC(=O)NCCCN(C)C)c4cnc(Cl)cc43)c(OC)c2)S(C)(=O)=O)c(OC)c1. The number of carbonyl (C=O) groups is 1. The van der Waals surface area contributed by atoms with Crippen LogP contribution in [0, 0.1) is 0 Å². The zero-order chi connectivity index (χ0) is 32.7. The van der Waals surface area contributed by atoms with E-state index in [1.165, 1.54) is 24.8 Å². The van der Waals surface area contributed by atoms with E-state index in [0.717, 1.165) is 13.0 Å². The van der Waals surface area contributed by atoms with E-state index in [0.29, 0.717) is 57.2 Å². The third-order valence-electron chi connectivity index (χ3n) is 7.18. The molecule has 2 aromatic carbocycles. The fourth-order valence-electron chi connectivity index (χ4n) is 4.86. The number of pyridine rings is 1. The van der Waals surface area contributed by atoms with Gasteiger partial charge in [0.2, 0.25) is 15.9 Å². The zero-order valence-electron chi connectivity index (χ0n) is 26.3. The maximum Gasteiger partial charge on any atom is 0.226 e. The summed E-state index contributed by atoms with van der Waals surface area (Å²) in [6.07, 6.45) is 3.67.